The molecule has 0 aliphatic heterocycles. The lowest BCUT2D eigenvalue weighted by Gasteiger charge is -1.99. The van der Waals surface area contributed by atoms with Crippen LogP contribution < -0.4 is 5.84 Å². The Labute approximate surface area is 81.4 Å². The Morgan fingerprint density at radius 2 is 2.36 bits per heavy atom. The molecule has 0 fully saturated rings. The van der Waals surface area contributed by atoms with Crippen molar-refractivity contribution in [1.29, 1.82) is 0 Å². The highest BCUT2D eigenvalue weighted by Crippen LogP contribution is 2.13. The Morgan fingerprint density at radius 1 is 1.71 bits per heavy atom. The molecule has 1 rings (SSSR count). The molecule has 0 radical (unpaired) electrons. The third-order valence-corrected chi connectivity index (χ3v) is 1.94. The first-order valence-electron chi connectivity index (χ1n) is 4.21. The molecule has 5 heteroatoms. The molecule has 0 aromatic carbocycles. The highest BCUT2D eigenvalue weighted by molar-refractivity contribution is 5.94. The maximum absolute atomic E-state index is 11.3. The van der Waals surface area contributed by atoms with Crippen molar-refractivity contribution in [2.45, 2.75) is 13.8 Å². The summed E-state index contributed by atoms with van der Waals surface area (Å²) in [7, 11) is 0. The second-order valence-corrected chi connectivity index (χ2v) is 2.80. The van der Waals surface area contributed by atoms with Gasteiger partial charge in [0.05, 0.1) is 12.2 Å². The molecule has 0 saturated carbocycles. The molecule has 1 aromatic heterocycles. The van der Waals surface area contributed by atoms with Gasteiger partial charge in [-0.25, -0.2) is 4.79 Å². The molecule has 5 nitrogen and oxygen atoms in total. The largest absolute Gasteiger partial charge is 0.462 e. The van der Waals surface area contributed by atoms with Gasteiger partial charge < -0.3 is 10.6 Å². The van der Waals surface area contributed by atoms with E-state index < -0.39 is 5.97 Å². The SMILES string of the molecule is CCOC(=O)c1cn(N)c(C=O)c1C. The summed E-state index contributed by atoms with van der Waals surface area (Å²) in [6.45, 7) is 3.66. The van der Waals surface area contributed by atoms with Crippen LogP contribution in [0.15, 0.2) is 6.20 Å². The number of hydrogen-bond donors (Lipinski definition) is 1. The van der Waals surface area contributed by atoms with Crippen LogP contribution in [0.2, 0.25) is 0 Å². The van der Waals surface area contributed by atoms with E-state index in [-0.39, 0.29) is 5.69 Å². The van der Waals surface area contributed by atoms with Crippen LogP contribution in [0, 0.1) is 6.92 Å². The van der Waals surface area contributed by atoms with Crippen LogP contribution in [-0.4, -0.2) is 23.5 Å². The zero-order valence-electron chi connectivity index (χ0n) is 8.11. The van der Waals surface area contributed by atoms with E-state index in [1.165, 1.54) is 6.20 Å². The van der Waals surface area contributed by atoms with Gasteiger partial charge >= 0.3 is 5.97 Å². The summed E-state index contributed by atoms with van der Waals surface area (Å²) in [6.07, 6.45) is 2.00. The van der Waals surface area contributed by atoms with Gasteiger partial charge in [-0.15, -0.1) is 0 Å². The maximum Gasteiger partial charge on any atom is 0.340 e. The summed E-state index contributed by atoms with van der Waals surface area (Å²) in [5.41, 5.74) is 1.16. The first-order chi connectivity index (χ1) is 6.61. The fourth-order valence-corrected chi connectivity index (χ4v) is 1.20. The molecule has 76 valence electrons. The van der Waals surface area contributed by atoms with E-state index in [2.05, 4.69) is 0 Å². The second kappa shape index (κ2) is 3.95. The minimum Gasteiger partial charge on any atom is -0.462 e. The van der Waals surface area contributed by atoms with Gasteiger partial charge in [0, 0.05) is 6.20 Å². The van der Waals surface area contributed by atoms with Crippen molar-refractivity contribution in [3.8, 4) is 0 Å². The maximum atomic E-state index is 11.3. The van der Waals surface area contributed by atoms with Gasteiger partial charge in [-0.1, -0.05) is 0 Å². The number of nitrogens with zero attached hydrogens (tertiary/aromatic N) is 1. The predicted molar refractivity (Wildman–Crippen MR) is 50.7 cm³/mol. The molecule has 0 spiro atoms. The lowest BCUT2D eigenvalue weighted by atomic mass is 10.2. The summed E-state index contributed by atoms with van der Waals surface area (Å²) in [5.74, 6) is 5.00. The van der Waals surface area contributed by atoms with Gasteiger partial charge in [-0.05, 0) is 19.4 Å². The van der Waals surface area contributed by atoms with E-state index in [1.54, 1.807) is 13.8 Å². The summed E-state index contributed by atoms with van der Waals surface area (Å²) in [6, 6.07) is 0. The van der Waals surface area contributed by atoms with Gasteiger partial charge in [-0.2, -0.15) is 0 Å². The number of ether oxygens (including phenoxy) is 1. The van der Waals surface area contributed by atoms with E-state index in [0.717, 1.165) is 4.68 Å². The number of rotatable bonds is 3. The van der Waals surface area contributed by atoms with Crippen molar-refractivity contribution < 1.29 is 14.3 Å². The highest BCUT2D eigenvalue weighted by atomic mass is 16.5. The number of carbonyl (C=O) groups is 2. The van der Waals surface area contributed by atoms with Crippen LogP contribution in [-0.2, 0) is 4.74 Å². The summed E-state index contributed by atoms with van der Waals surface area (Å²) in [5, 5.41) is 0. The number of hydrogen-bond acceptors (Lipinski definition) is 4. The normalized spacial score (nSPS) is 9.86. The summed E-state index contributed by atoms with van der Waals surface area (Å²) < 4.78 is 5.92. The molecule has 0 aliphatic rings. The molecule has 1 aromatic rings. The Morgan fingerprint density at radius 3 is 2.79 bits per heavy atom. The molecule has 0 bridgehead atoms. The van der Waals surface area contributed by atoms with Crippen molar-refractivity contribution in [2.75, 3.05) is 12.4 Å². The fourth-order valence-electron chi connectivity index (χ4n) is 1.20. The Hall–Kier alpha value is -1.78. The van der Waals surface area contributed by atoms with E-state index in [0.29, 0.717) is 24.0 Å². The third-order valence-electron chi connectivity index (χ3n) is 1.94. The van der Waals surface area contributed by atoms with Crippen molar-refractivity contribution in [3.05, 3.63) is 23.0 Å². The molecular formula is C9H12N2O3. The van der Waals surface area contributed by atoms with Gasteiger partial charge in [0.15, 0.2) is 6.29 Å². The smallest absolute Gasteiger partial charge is 0.340 e. The lowest BCUT2D eigenvalue weighted by molar-refractivity contribution is 0.0525. The molecule has 0 atom stereocenters. The number of aldehydes is 1. The Bertz CT molecular complexity index is 368. The van der Waals surface area contributed by atoms with Crippen LogP contribution in [0.1, 0.15) is 33.3 Å². The molecule has 0 saturated heterocycles. The zero-order chi connectivity index (χ0) is 10.7. The summed E-state index contributed by atoms with van der Waals surface area (Å²) in [4.78, 5) is 21.9. The van der Waals surface area contributed by atoms with E-state index in [4.69, 9.17) is 10.6 Å². The van der Waals surface area contributed by atoms with Crippen molar-refractivity contribution >= 4 is 12.3 Å². The highest BCUT2D eigenvalue weighted by Gasteiger charge is 2.17. The van der Waals surface area contributed by atoms with E-state index >= 15 is 0 Å². The van der Waals surface area contributed by atoms with Crippen LogP contribution in [0.25, 0.3) is 0 Å². The standard InChI is InChI=1S/C9H12N2O3/c1-3-14-9(13)7-4-11(10)8(5-12)6(7)2/h4-5H,3,10H2,1-2H3. The average molecular weight is 196 g/mol. The van der Waals surface area contributed by atoms with Crippen LogP contribution >= 0.6 is 0 Å². The number of nitrogen functional groups attached to an aromatic ring is 1. The van der Waals surface area contributed by atoms with Crippen molar-refractivity contribution in [3.63, 3.8) is 0 Å². The monoisotopic (exact) mass is 196 g/mol. The zero-order valence-corrected chi connectivity index (χ0v) is 8.11. The molecule has 0 unspecified atom stereocenters. The second-order valence-electron chi connectivity index (χ2n) is 2.80. The van der Waals surface area contributed by atoms with Gasteiger partial charge in [0.1, 0.15) is 5.69 Å². The van der Waals surface area contributed by atoms with E-state index in [9.17, 15) is 9.59 Å². The van der Waals surface area contributed by atoms with Crippen LogP contribution in [0.3, 0.4) is 0 Å². The average Bonchev–Trinajstić information content (AvgIpc) is 2.42. The predicted octanol–water partition coefficient (Wildman–Crippen LogP) is 0.500. The first-order valence-corrected chi connectivity index (χ1v) is 4.21. The molecule has 0 amide bonds. The third kappa shape index (κ3) is 1.61. The van der Waals surface area contributed by atoms with Gasteiger partial charge in [0.25, 0.3) is 0 Å². The number of nitrogens with two attached hydrogens (primary N) is 1. The molecule has 2 N–H and O–H groups in total. The fraction of sp³-hybridized carbons (Fsp3) is 0.333. The van der Waals surface area contributed by atoms with Crippen LogP contribution in [0.4, 0.5) is 0 Å². The first kappa shape index (κ1) is 10.3. The number of esters is 1. The molecule has 1 heterocycles. The van der Waals surface area contributed by atoms with Gasteiger partial charge in [-0.3, -0.25) is 9.47 Å². The number of aromatic nitrogens is 1. The van der Waals surface area contributed by atoms with Crippen molar-refractivity contribution in [2.24, 2.45) is 0 Å². The minimum atomic E-state index is -0.461. The van der Waals surface area contributed by atoms with Crippen molar-refractivity contribution in [1.82, 2.24) is 4.68 Å². The van der Waals surface area contributed by atoms with E-state index in [1.807, 2.05) is 0 Å². The topological polar surface area (TPSA) is 74.3 Å². The van der Waals surface area contributed by atoms with Crippen LogP contribution in [0.5, 0.6) is 0 Å². The lowest BCUT2D eigenvalue weighted by Crippen LogP contribution is -2.10. The quantitative estimate of drug-likeness (QED) is 0.434. The summed E-state index contributed by atoms with van der Waals surface area (Å²) >= 11 is 0. The molecule has 0 aliphatic carbocycles. The number of carbonyl (C=O) groups excluding carboxylic acids is 2. The minimum absolute atomic E-state index is 0.285. The Kier molecular flexibility index (Phi) is 2.91. The van der Waals surface area contributed by atoms with Gasteiger partial charge in [0.2, 0.25) is 0 Å². The molecular weight excluding hydrogens is 184 g/mol. The Balaban J connectivity index is 3.10. The molecule has 14 heavy (non-hydrogen) atoms.